The predicted octanol–water partition coefficient (Wildman–Crippen LogP) is 0.125. The molecule has 1 atom stereocenters. The van der Waals surface area contributed by atoms with Crippen LogP contribution in [0.3, 0.4) is 0 Å². The van der Waals surface area contributed by atoms with Crippen molar-refractivity contribution in [2.45, 2.75) is 25.8 Å². The van der Waals surface area contributed by atoms with E-state index in [0.717, 1.165) is 6.26 Å². The molecule has 0 saturated heterocycles. The summed E-state index contributed by atoms with van der Waals surface area (Å²) in [5, 5.41) is 5.92. The lowest BCUT2D eigenvalue weighted by molar-refractivity contribution is -0.135. The van der Waals surface area contributed by atoms with Crippen LogP contribution in [0.5, 0.6) is 5.75 Å². The van der Waals surface area contributed by atoms with E-state index >= 15 is 0 Å². The van der Waals surface area contributed by atoms with E-state index in [0.29, 0.717) is 35.7 Å². The van der Waals surface area contributed by atoms with Crippen LogP contribution in [0.25, 0.3) is 0 Å². The Bertz CT molecular complexity index is 924. The molecule has 0 fully saturated rings. The molecule has 0 aromatic heterocycles. The Kier molecular flexibility index (Phi) is 9.08. The van der Waals surface area contributed by atoms with Gasteiger partial charge in [0.1, 0.15) is 12.4 Å². The summed E-state index contributed by atoms with van der Waals surface area (Å²) >= 11 is 6.01. The number of sulfonamides is 1. The number of benzene rings is 1. The topological polar surface area (TPSA) is 134 Å². The first kappa shape index (κ1) is 24.9. The van der Waals surface area contributed by atoms with Crippen molar-refractivity contribution in [1.29, 1.82) is 0 Å². The molecule has 1 aromatic rings. The van der Waals surface area contributed by atoms with Gasteiger partial charge < -0.3 is 20.3 Å². The second-order valence-corrected chi connectivity index (χ2v) is 9.56. The minimum atomic E-state index is -3.54. The standard InChI is InChI=1S/C19H27ClN4O6S/c1-13-12-30-16-6-5-14(20)9-15(16)19(27)21-7-3-4-8-24(11-17(25)23-13)18(26)10-22-31(2,28)29/h5-6,9,13,22H,3-4,7-8,10-12H2,1-2H3,(H,21,27)(H,23,25)/t13-/m1/s1. The summed E-state index contributed by atoms with van der Waals surface area (Å²) in [6.07, 6.45) is 2.00. The van der Waals surface area contributed by atoms with Gasteiger partial charge in [-0.2, -0.15) is 0 Å². The van der Waals surface area contributed by atoms with E-state index in [1.165, 1.54) is 11.0 Å². The Hall–Kier alpha value is -2.37. The van der Waals surface area contributed by atoms with E-state index in [-0.39, 0.29) is 25.6 Å². The van der Waals surface area contributed by atoms with E-state index in [4.69, 9.17) is 16.3 Å². The Morgan fingerprint density at radius 3 is 2.77 bits per heavy atom. The summed E-state index contributed by atoms with van der Waals surface area (Å²) in [6, 6.07) is 4.32. The number of nitrogens with zero attached hydrogens (tertiary/aromatic N) is 1. The third kappa shape index (κ3) is 8.72. The number of rotatable bonds is 3. The van der Waals surface area contributed by atoms with Crippen LogP contribution in [0.4, 0.5) is 0 Å². The number of fused-ring (bicyclic) bond motifs is 1. The molecule has 1 aliphatic rings. The number of amides is 3. The molecule has 3 amide bonds. The normalized spacial score (nSPS) is 19.2. The van der Waals surface area contributed by atoms with Crippen LogP contribution in [0.1, 0.15) is 30.1 Å². The van der Waals surface area contributed by atoms with Gasteiger partial charge >= 0.3 is 0 Å². The van der Waals surface area contributed by atoms with Gasteiger partial charge in [0.2, 0.25) is 21.8 Å². The van der Waals surface area contributed by atoms with E-state index in [2.05, 4.69) is 15.4 Å². The lowest BCUT2D eigenvalue weighted by Crippen LogP contribution is -2.47. The summed E-state index contributed by atoms with van der Waals surface area (Å²) in [5.41, 5.74) is 0.296. The number of nitrogens with one attached hydrogen (secondary N) is 3. The largest absolute Gasteiger partial charge is 0.491 e. The van der Waals surface area contributed by atoms with Gasteiger partial charge in [-0.15, -0.1) is 0 Å². The highest BCUT2D eigenvalue weighted by Gasteiger charge is 2.20. The molecule has 0 bridgehead atoms. The summed E-state index contributed by atoms with van der Waals surface area (Å²) in [7, 11) is -3.54. The zero-order valence-electron chi connectivity index (χ0n) is 17.4. The monoisotopic (exact) mass is 474 g/mol. The lowest BCUT2D eigenvalue weighted by atomic mass is 10.2. The van der Waals surface area contributed by atoms with Crippen molar-refractivity contribution in [3.8, 4) is 5.75 Å². The van der Waals surface area contributed by atoms with Crippen LogP contribution in [-0.4, -0.2) is 76.1 Å². The van der Waals surface area contributed by atoms with Crippen molar-refractivity contribution in [3.05, 3.63) is 28.8 Å². The van der Waals surface area contributed by atoms with Crippen LogP contribution >= 0.6 is 11.6 Å². The Labute approximate surface area is 186 Å². The number of hydrogen-bond donors (Lipinski definition) is 3. The van der Waals surface area contributed by atoms with Gasteiger partial charge in [-0.25, -0.2) is 13.1 Å². The van der Waals surface area contributed by atoms with E-state index < -0.39 is 34.4 Å². The number of carbonyl (C=O) groups is 3. The highest BCUT2D eigenvalue weighted by Crippen LogP contribution is 2.23. The molecule has 2 rings (SSSR count). The molecule has 1 aromatic carbocycles. The number of halogens is 1. The molecule has 172 valence electrons. The second kappa shape index (κ2) is 11.3. The summed E-state index contributed by atoms with van der Waals surface area (Å²) in [4.78, 5) is 38.6. The maximum Gasteiger partial charge on any atom is 0.255 e. The molecule has 0 radical (unpaired) electrons. The van der Waals surface area contributed by atoms with Gasteiger partial charge in [-0.05, 0) is 38.0 Å². The maximum atomic E-state index is 12.5. The molecule has 12 heteroatoms. The van der Waals surface area contributed by atoms with Crippen LogP contribution in [0.15, 0.2) is 18.2 Å². The van der Waals surface area contributed by atoms with E-state index in [9.17, 15) is 22.8 Å². The maximum absolute atomic E-state index is 12.5. The van der Waals surface area contributed by atoms with Crippen molar-refractivity contribution in [1.82, 2.24) is 20.3 Å². The average molecular weight is 475 g/mol. The van der Waals surface area contributed by atoms with Crippen molar-refractivity contribution in [2.75, 3.05) is 39.0 Å². The minimum absolute atomic E-state index is 0.0945. The van der Waals surface area contributed by atoms with Crippen molar-refractivity contribution in [2.24, 2.45) is 0 Å². The number of hydrogen-bond acceptors (Lipinski definition) is 6. The third-order valence-corrected chi connectivity index (χ3v) is 5.30. The summed E-state index contributed by atoms with van der Waals surface area (Å²) < 4.78 is 30.4. The van der Waals surface area contributed by atoms with Gasteiger partial charge in [0.05, 0.1) is 31.0 Å². The van der Waals surface area contributed by atoms with Gasteiger partial charge in [-0.1, -0.05) is 11.6 Å². The highest BCUT2D eigenvalue weighted by molar-refractivity contribution is 7.88. The Balaban J connectivity index is 2.12. The molecule has 31 heavy (non-hydrogen) atoms. The Morgan fingerprint density at radius 1 is 1.32 bits per heavy atom. The molecule has 0 spiro atoms. The lowest BCUT2D eigenvalue weighted by Gasteiger charge is -2.23. The first-order chi connectivity index (χ1) is 14.5. The molecule has 1 heterocycles. The van der Waals surface area contributed by atoms with Crippen LogP contribution in [0, 0.1) is 0 Å². The quantitative estimate of drug-likeness (QED) is 0.570. The van der Waals surface area contributed by atoms with Crippen LogP contribution in [-0.2, 0) is 19.6 Å². The van der Waals surface area contributed by atoms with E-state index in [1.54, 1.807) is 19.1 Å². The Morgan fingerprint density at radius 2 is 2.06 bits per heavy atom. The molecule has 0 saturated carbocycles. The first-order valence-corrected chi connectivity index (χ1v) is 12.0. The van der Waals surface area contributed by atoms with Gasteiger partial charge in [-0.3, -0.25) is 14.4 Å². The molecule has 1 aliphatic heterocycles. The fourth-order valence-electron chi connectivity index (χ4n) is 2.88. The number of ether oxygens (including phenoxy) is 1. The molecular weight excluding hydrogens is 448 g/mol. The van der Waals surface area contributed by atoms with Crippen LogP contribution in [0.2, 0.25) is 5.02 Å². The number of carbonyl (C=O) groups excluding carboxylic acids is 3. The van der Waals surface area contributed by atoms with Crippen molar-refractivity contribution < 1.29 is 27.5 Å². The van der Waals surface area contributed by atoms with Gasteiger partial charge in [0, 0.05) is 18.1 Å². The second-order valence-electron chi connectivity index (χ2n) is 7.29. The molecular formula is C19H27ClN4O6S. The zero-order chi connectivity index (χ0) is 23.0. The molecule has 0 unspecified atom stereocenters. The fraction of sp³-hybridized carbons (Fsp3) is 0.526. The summed E-state index contributed by atoms with van der Waals surface area (Å²) in [6.45, 7) is 1.75. The smallest absolute Gasteiger partial charge is 0.255 e. The average Bonchev–Trinajstić information content (AvgIpc) is 2.68. The van der Waals surface area contributed by atoms with Gasteiger partial charge in [0.25, 0.3) is 5.91 Å². The van der Waals surface area contributed by atoms with Crippen LogP contribution < -0.4 is 20.1 Å². The SMILES string of the molecule is C[C@@H]1COc2ccc(Cl)cc2C(=O)NCCCCN(C(=O)CNS(C)(=O)=O)CC(=O)N1. The third-order valence-electron chi connectivity index (χ3n) is 4.40. The fourth-order valence-corrected chi connectivity index (χ4v) is 3.43. The van der Waals surface area contributed by atoms with E-state index in [1.807, 2.05) is 0 Å². The molecule has 3 N–H and O–H groups in total. The highest BCUT2D eigenvalue weighted by atomic mass is 35.5. The minimum Gasteiger partial charge on any atom is -0.491 e. The molecule has 10 nitrogen and oxygen atoms in total. The molecule has 0 aliphatic carbocycles. The van der Waals surface area contributed by atoms with Crippen molar-refractivity contribution in [3.63, 3.8) is 0 Å². The van der Waals surface area contributed by atoms with Gasteiger partial charge in [0.15, 0.2) is 0 Å². The zero-order valence-corrected chi connectivity index (χ0v) is 19.0. The first-order valence-electron chi connectivity index (χ1n) is 9.77. The van der Waals surface area contributed by atoms with Crippen molar-refractivity contribution >= 4 is 39.3 Å². The summed E-state index contributed by atoms with van der Waals surface area (Å²) in [5.74, 6) is -0.903. The predicted molar refractivity (Wildman–Crippen MR) is 116 cm³/mol.